The molecular weight excluding hydrogens is 286 g/mol. The van der Waals surface area contributed by atoms with E-state index in [4.69, 9.17) is 0 Å². The SMILES string of the molecule is Cc1ccc(C(=O)CCC(=O)N[C@@H](C)[C@@H]2C[C@H]3CC[C@H]2C3)cc1. The summed E-state index contributed by atoms with van der Waals surface area (Å²) in [5, 5.41) is 3.13. The van der Waals surface area contributed by atoms with E-state index in [-0.39, 0.29) is 24.2 Å². The van der Waals surface area contributed by atoms with E-state index in [0.717, 1.165) is 17.4 Å². The van der Waals surface area contributed by atoms with Gasteiger partial charge < -0.3 is 5.32 Å². The summed E-state index contributed by atoms with van der Waals surface area (Å²) in [6.07, 6.45) is 5.93. The molecule has 0 radical (unpaired) electrons. The molecule has 0 aliphatic heterocycles. The Morgan fingerprint density at radius 2 is 1.87 bits per heavy atom. The third kappa shape index (κ3) is 3.82. The molecule has 0 unspecified atom stereocenters. The number of benzene rings is 1. The van der Waals surface area contributed by atoms with E-state index in [1.54, 1.807) is 0 Å². The molecule has 2 saturated carbocycles. The van der Waals surface area contributed by atoms with Gasteiger partial charge in [0, 0.05) is 24.4 Å². The van der Waals surface area contributed by atoms with Gasteiger partial charge in [-0.25, -0.2) is 0 Å². The van der Waals surface area contributed by atoms with Gasteiger partial charge in [0.25, 0.3) is 0 Å². The zero-order chi connectivity index (χ0) is 16.4. The van der Waals surface area contributed by atoms with E-state index in [0.29, 0.717) is 17.9 Å². The average Bonchev–Trinajstić information content (AvgIpc) is 3.16. The molecule has 0 heterocycles. The van der Waals surface area contributed by atoms with Crippen LogP contribution in [-0.4, -0.2) is 17.7 Å². The Bertz CT molecular complexity index is 578. The Balaban J connectivity index is 1.44. The summed E-state index contributed by atoms with van der Waals surface area (Å²) in [7, 11) is 0. The molecule has 124 valence electrons. The van der Waals surface area contributed by atoms with Crippen molar-refractivity contribution in [2.24, 2.45) is 17.8 Å². The third-order valence-electron chi connectivity index (χ3n) is 5.78. The molecular formula is C20H27NO2. The van der Waals surface area contributed by atoms with Gasteiger partial charge in [0.1, 0.15) is 0 Å². The minimum absolute atomic E-state index is 0.0146. The quantitative estimate of drug-likeness (QED) is 0.810. The van der Waals surface area contributed by atoms with Gasteiger partial charge in [-0.1, -0.05) is 36.2 Å². The molecule has 1 aromatic rings. The number of carbonyl (C=O) groups excluding carboxylic acids is 2. The maximum absolute atomic E-state index is 12.1. The molecule has 1 aromatic carbocycles. The van der Waals surface area contributed by atoms with Crippen LogP contribution in [0.2, 0.25) is 0 Å². The Morgan fingerprint density at radius 1 is 1.13 bits per heavy atom. The van der Waals surface area contributed by atoms with Crippen LogP contribution < -0.4 is 5.32 Å². The first kappa shape index (κ1) is 16.2. The molecule has 0 aromatic heterocycles. The number of rotatable bonds is 6. The third-order valence-corrected chi connectivity index (χ3v) is 5.78. The van der Waals surface area contributed by atoms with Gasteiger partial charge >= 0.3 is 0 Å². The fourth-order valence-corrected chi connectivity index (χ4v) is 4.45. The van der Waals surface area contributed by atoms with Crippen LogP contribution in [-0.2, 0) is 4.79 Å². The number of fused-ring (bicyclic) bond motifs is 2. The summed E-state index contributed by atoms with van der Waals surface area (Å²) >= 11 is 0. The highest BCUT2D eigenvalue weighted by Gasteiger charge is 2.42. The number of hydrogen-bond donors (Lipinski definition) is 1. The van der Waals surface area contributed by atoms with Crippen LogP contribution in [0.5, 0.6) is 0 Å². The molecule has 1 amide bonds. The maximum Gasteiger partial charge on any atom is 0.220 e. The van der Waals surface area contributed by atoms with Gasteiger partial charge in [0.2, 0.25) is 5.91 Å². The smallest absolute Gasteiger partial charge is 0.220 e. The standard InChI is InChI=1S/C20H27NO2/c1-13-3-6-16(7-4-13)19(22)9-10-20(23)21-14(2)18-12-15-5-8-17(18)11-15/h3-4,6-7,14-15,17-18H,5,8-12H2,1-2H3,(H,21,23)/t14-,15-,17-,18-/m0/s1. The maximum atomic E-state index is 12.1. The molecule has 1 N–H and O–H groups in total. The summed E-state index contributed by atoms with van der Waals surface area (Å²) in [6.45, 7) is 4.13. The van der Waals surface area contributed by atoms with Crippen LogP contribution in [0.25, 0.3) is 0 Å². The van der Waals surface area contributed by atoms with E-state index >= 15 is 0 Å². The number of carbonyl (C=O) groups is 2. The van der Waals surface area contributed by atoms with E-state index in [1.807, 2.05) is 31.2 Å². The summed E-state index contributed by atoms with van der Waals surface area (Å²) in [6, 6.07) is 7.79. The second kappa shape index (κ2) is 6.86. The van der Waals surface area contributed by atoms with Crippen molar-refractivity contribution in [2.75, 3.05) is 0 Å². The van der Waals surface area contributed by atoms with Gasteiger partial charge in [-0.15, -0.1) is 0 Å². The lowest BCUT2D eigenvalue weighted by Gasteiger charge is -2.28. The van der Waals surface area contributed by atoms with Gasteiger partial charge in [-0.2, -0.15) is 0 Å². The van der Waals surface area contributed by atoms with Crippen molar-refractivity contribution >= 4 is 11.7 Å². The van der Waals surface area contributed by atoms with Crippen LogP contribution in [0.4, 0.5) is 0 Å². The normalized spacial score (nSPS) is 27.0. The highest BCUT2D eigenvalue weighted by atomic mass is 16.2. The number of nitrogens with one attached hydrogen (secondary N) is 1. The van der Waals surface area contributed by atoms with Crippen molar-refractivity contribution in [1.29, 1.82) is 0 Å². The van der Waals surface area contributed by atoms with E-state index in [9.17, 15) is 9.59 Å². The summed E-state index contributed by atoms with van der Waals surface area (Å²) in [5.41, 5.74) is 1.84. The Kier molecular flexibility index (Phi) is 4.84. The minimum Gasteiger partial charge on any atom is -0.353 e. The first-order chi connectivity index (χ1) is 11.0. The summed E-state index contributed by atoms with van der Waals surface area (Å²) in [5.74, 6) is 2.41. The zero-order valence-electron chi connectivity index (χ0n) is 14.2. The fraction of sp³-hybridized carbons (Fsp3) is 0.600. The number of Topliss-reactive ketones (excluding diaryl/α,β-unsaturated/α-hetero) is 1. The highest BCUT2D eigenvalue weighted by Crippen LogP contribution is 2.49. The number of aryl methyl sites for hydroxylation is 1. The van der Waals surface area contributed by atoms with Crippen LogP contribution >= 0.6 is 0 Å². The molecule has 2 aliphatic rings. The summed E-state index contributed by atoms with van der Waals surface area (Å²) < 4.78 is 0. The van der Waals surface area contributed by atoms with Crippen LogP contribution in [0.3, 0.4) is 0 Å². The summed E-state index contributed by atoms with van der Waals surface area (Å²) in [4.78, 5) is 24.3. The first-order valence-corrected chi connectivity index (χ1v) is 8.92. The van der Waals surface area contributed by atoms with Gasteiger partial charge in [-0.3, -0.25) is 9.59 Å². The fourth-order valence-electron chi connectivity index (χ4n) is 4.45. The van der Waals surface area contributed by atoms with Crippen molar-refractivity contribution in [3.05, 3.63) is 35.4 Å². The lowest BCUT2D eigenvalue weighted by atomic mass is 9.84. The van der Waals surface area contributed by atoms with Crippen LogP contribution in [0.1, 0.15) is 61.4 Å². The van der Waals surface area contributed by atoms with Gasteiger partial charge in [-0.05, 0) is 50.9 Å². The lowest BCUT2D eigenvalue weighted by molar-refractivity contribution is -0.122. The Labute approximate surface area is 138 Å². The number of amides is 1. The lowest BCUT2D eigenvalue weighted by Crippen LogP contribution is -2.40. The molecule has 3 heteroatoms. The molecule has 0 spiro atoms. The van der Waals surface area contributed by atoms with Crippen molar-refractivity contribution in [3.63, 3.8) is 0 Å². The number of ketones is 1. The van der Waals surface area contributed by atoms with Crippen LogP contribution in [0, 0.1) is 24.7 Å². The van der Waals surface area contributed by atoms with Crippen molar-refractivity contribution < 1.29 is 9.59 Å². The molecule has 0 saturated heterocycles. The first-order valence-electron chi connectivity index (χ1n) is 8.92. The van der Waals surface area contributed by atoms with Crippen molar-refractivity contribution in [1.82, 2.24) is 5.32 Å². The molecule has 3 rings (SSSR count). The van der Waals surface area contributed by atoms with E-state index in [1.165, 1.54) is 25.7 Å². The van der Waals surface area contributed by atoms with Gasteiger partial charge in [0.15, 0.2) is 5.78 Å². The molecule has 23 heavy (non-hydrogen) atoms. The molecule has 4 atom stereocenters. The molecule has 2 aliphatic carbocycles. The Morgan fingerprint density at radius 3 is 2.48 bits per heavy atom. The van der Waals surface area contributed by atoms with Crippen molar-refractivity contribution in [2.45, 2.75) is 58.4 Å². The average molecular weight is 313 g/mol. The molecule has 2 fully saturated rings. The second-order valence-corrected chi connectivity index (χ2v) is 7.48. The number of hydrogen-bond acceptors (Lipinski definition) is 2. The Hall–Kier alpha value is -1.64. The monoisotopic (exact) mass is 313 g/mol. The van der Waals surface area contributed by atoms with E-state index in [2.05, 4.69) is 12.2 Å². The van der Waals surface area contributed by atoms with E-state index < -0.39 is 0 Å². The second-order valence-electron chi connectivity index (χ2n) is 7.48. The zero-order valence-corrected chi connectivity index (χ0v) is 14.2. The molecule has 3 nitrogen and oxygen atoms in total. The predicted molar refractivity (Wildman–Crippen MR) is 91.3 cm³/mol. The minimum atomic E-state index is 0.0146. The van der Waals surface area contributed by atoms with Crippen LogP contribution in [0.15, 0.2) is 24.3 Å². The van der Waals surface area contributed by atoms with Crippen molar-refractivity contribution in [3.8, 4) is 0 Å². The predicted octanol–water partition coefficient (Wildman–Crippen LogP) is 3.90. The molecule has 2 bridgehead atoms. The van der Waals surface area contributed by atoms with Gasteiger partial charge in [0.05, 0.1) is 0 Å². The topological polar surface area (TPSA) is 46.2 Å². The largest absolute Gasteiger partial charge is 0.353 e. The highest BCUT2D eigenvalue weighted by molar-refractivity contribution is 5.97.